The standard InChI is InChI=1S/C21H20BrFN2O2/c22-16-11-19(20(23)24-12-16)15-9-17-7-4-8-18(10-15)25(17)21(26)27-13-14-5-2-1-3-6-14/h1-3,5-6,9,11-12,17-18H,4,7-8,10,13H2. The van der Waals surface area contributed by atoms with Crippen LogP contribution in [0, 0.1) is 5.95 Å². The zero-order valence-electron chi connectivity index (χ0n) is 14.8. The van der Waals surface area contributed by atoms with Gasteiger partial charge >= 0.3 is 6.09 Å². The summed E-state index contributed by atoms with van der Waals surface area (Å²) in [6.07, 6.45) is 6.60. The molecule has 2 unspecified atom stereocenters. The van der Waals surface area contributed by atoms with Gasteiger partial charge in [-0.1, -0.05) is 36.4 Å². The Hall–Kier alpha value is -2.21. The van der Waals surface area contributed by atoms with E-state index in [4.69, 9.17) is 4.74 Å². The van der Waals surface area contributed by atoms with Gasteiger partial charge in [0.2, 0.25) is 5.95 Å². The molecule has 2 aliphatic heterocycles. The van der Waals surface area contributed by atoms with Crippen LogP contribution in [0.3, 0.4) is 0 Å². The molecule has 4 rings (SSSR count). The highest BCUT2D eigenvalue weighted by atomic mass is 79.9. The van der Waals surface area contributed by atoms with E-state index in [1.165, 1.54) is 6.20 Å². The van der Waals surface area contributed by atoms with Gasteiger partial charge in [-0.2, -0.15) is 4.39 Å². The number of carbonyl (C=O) groups excluding carboxylic acids is 1. The Morgan fingerprint density at radius 3 is 2.89 bits per heavy atom. The van der Waals surface area contributed by atoms with Crippen molar-refractivity contribution in [2.45, 2.75) is 44.4 Å². The number of amides is 1. The lowest BCUT2D eigenvalue weighted by Gasteiger charge is -2.44. The van der Waals surface area contributed by atoms with Crippen molar-refractivity contribution >= 4 is 27.6 Å². The summed E-state index contributed by atoms with van der Waals surface area (Å²) in [5, 5.41) is 0. The number of carbonyl (C=O) groups is 1. The third-order valence-corrected chi connectivity index (χ3v) is 5.64. The summed E-state index contributed by atoms with van der Waals surface area (Å²) < 4.78 is 20.5. The van der Waals surface area contributed by atoms with Crippen molar-refractivity contribution in [2.24, 2.45) is 0 Å². The molecule has 4 nitrogen and oxygen atoms in total. The van der Waals surface area contributed by atoms with Crippen molar-refractivity contribution in [3.63, 3.8) is 0 Å². The maximum Gasteiger partial charge on any atom is 0.410 e. The third-order valence-electron chi connectivity index (χ3n) is 5.20. The van der Waals surface area contributed by atoms with Crippen molar-refractivity contribution in [3.05, 3.63) is 70.2 Å². The quantitative estimate of drug-likeness (QED) is 0.617. The van der Waals surface area contributed by atoms with Crippen LogP contribution in [0.1, 0.15) is 36.8 Å². The number of aromatic nitrogens is 1. The minimum absolute atomic E-state index is 0.0328. The van der Waals surface area contributed by atoms with Gasteiger partial charge in [-0.25, -0.2) is 9.78 Å². The Morgan fingerprint density at radius 2 is 2.11 bits per heavy atom. The van der Waals surface area contributed by atoms with E-state index in [0.717, 1.165) is 34.9 Å². The van der Waals surface area contributed by atoms with E-state index >= 15 is 0 Å². The summed E-state index contributed by atoms with van der Waals surface area (Å²) >= 11 is 3.36. The minimum Gasteiger partial charge on any atom is -0.445 e. The lowest BCUT2D eigenvalue weighted by molar-refractivity contribution is 0.0510. The molecule has 2 bridgehead atoms. The molecule has 2 aromatic rings. The molecule has 1 saturated heterocycles. The third kappa shape index (κ3) is 3.90. The molecule has 1 fully saturated rings. The van der Waals surface area contributed by atoms with Crippen molar-refractivity contribution in [1.82, 2.24) is 9.88 Å². The van der Waals surface area contributed by atoms with Gasteiger partial charge in [-0.3, -0.25) is 4.90 Å². The Morgan fingerprint density at radius 1 is 1.30 bits per heavy atom. The maximum absolute atomic E-state index is 14.2. The first kappa shape index (κ1) is 18.2. The summed E-state index contributed by atoms with van der Waals surface area (Å²) in [5.74, 6) is -0.470. The average molecular weight is 431 g/mol. The first-order valence-electron chi connectivity index (χ1n) is 9.13. The van der Waals surface area contributed by atoms with Crippen molar-refractivity contribution < 1.29 is 13.9 Å². The number of ether oxygens (including phenoxy) is 1. The molecule has 3 heterocycles. The smallest absolute Gasteiger partial charge is 0.410 e. The van der Waals surface area contributed by atoms with Crippen molar-refractivity contribution in [1.29, 1.82) is 0 Å². The fraction of sp³-hybridized carbons (Fsp3) is 0.333. The average Bonchev–Trinajstić information content (AvgIpc) is 2.68. The number of nitrogens with zero attached hydrogens (tertiary/aromatic N) is 2. The first-order chi connectivity index (χ1) is 13.1. The van der Waals surface area contributed by atoms with Crippen LogP contribution in [0.5, 0.6) is 0 Å². The maximum atomic E-state index is 14.2. The molecule has 1 amide bonds. The summed E-state index contributed by atoms with van der Waals surface area (Å²) in [6.45, 7) is 0.260. The van der Waals surface area contributed by atoms with Gasteiger partial charge in [0.25, 0.3) is 0 Å². The second-order valence-electron chi connectivity index (χ2n) is 6.99. The Balaban J connectivity index is 1.53. The van der Waals surface area contributed by atoms with Crippen LogP contribution in [0.25, 0.3) is 5.57 Å². The van der Waals surface area contributed by atoms with Crippen LogP contribution in [0.4, 0.5) is 9.18 Å². The topological polar surface area (TPSA) is 42.4 Å². The molecule has 0 N–H and O–H groups in total. The van der Waals surface area contributed by atoms with E-state index in [-0.39, 0.29) is 24.8 Å². The lowest BCUT2D eigenvalue weighted by Crippen LogP contribution is -2.51. The molecule has 6 heteroatoms. The number of pyridine rings is 1. The molecule has 0 radical (unpaired) electrons. The van der Waals surface area contributed by atoms with Gasteiger partial charge in [-0.15, -0.1) is 0 Å². The number of benzene rings is 1. The predicted octanol–water partition coefficient (Wildman–Crippen LogP) is 5.33. The van der Waals surface area contributed by atoms with Gasteiger partial charge in [-0.05, 0) is 58.8 Å². The zero-order chi connectivity index (χ0) is 18.8. The second kappa shape index (κ2) is 7.80. The summed E-state index contributed by atoms with van der Waals surface area (Å²) in [4.78, 5) is 18.4. The predicted molar refractivity (Wildman–Crippen MR) is 104 cm³/mol. The highest BCUT2D eigenvalue weighted by Crippen LogP contribution is 2.38. The minimum atomic E-state index is -0.470. The van der Waals surface area contributed by atoms with Crippen LogP contribution in [-0.2, 0) is 11.3 Å². The second-order valence-corrected chi connectivity index (χ2v) is 7.90. The molecule has 2 atom stereocenters. The Labute approximate surface area is 166 Å². The lowest BCUT2D eigenvalue weighted by atomic mass is 9.83. The number of hydrogen-bond donors (Lipinski definition) is 0. The number of halogens is 2. The molecule has 1 aromatic heterocycles. The highest BCUT2D eigenvalue weighted by molar-refractivity contribution is 9.10. The molecule has 0 saturated carbocycles. The summed E-state index contributed by atoms with van der Waals surface area (Å²) in [5.41, 5.74) is 2.40. The molecule has 2 aliphatic rings. The molecular formula is C21H20BrFN2O2. The highest BCUT2D eigenvalue weighted by Gasteiger charge is 2.38. The molecule has 0 spiro atoms. The fourth-order valence-corrected chi connectivity index (χ4v) is 4.29. The van der Waals surface area contributed by atoms with E-state index in [0.29, 0.717) is 12.0 Å². The van der Waals surface area contributed by atoms with E-state index < -0.39 is 5.95 Å². The normalized spacial score (nSPS) is 21.6. The van der Waals surface area contributed by atoms with E-state index in [9.17, 15) is 9.18 Å². The van der Waals surface area contributed by atoms with Crippen LogP contribution in [0.2, 0.25) is 0 Å². The Bertz CT molecular complexity index is 872. The first-order valence-corrected chi connectivity index (χ1v) is 9.92. The van der Waals surface area contributed by atoms with Crippen molar-refractivity contribution in [3.8, 4) is 0 Å². The zero-order valence-corrected chi connectivity index (χ0v) is 16.4. The van der Waals surface area contributed by atoms with E-state index in [2.05, 4.69) is 20.9 Å². The molecule has 0 aliphatic carbocycles. The number of piperidine rings is 1. The monoisotopic (exact) mass is 430 g/mol. The van der Waals surface area contributed by atoms with E-state index in [1.54, 1.807) is 6.07 Å². The van der Waals surface area contributed by atoms with Crippen molar-refractivity contribution in [2.75, 3.05) is 0 Å². The number of hydrogen-bond acceptors (Lipinski definition) is 3. The Kier molecular flexibility index (Phi) is 5.25. The van der Waals surface area contributed by atoms with Gasteiger partial charge in [0, 0.05) is 22.3 Å². The summed E-state index contributed by atoms with van der Waals surface area (Å²) in [7, 11) is 0. The molecule has 27 heavy (non-hydrogen) atoms. The van der Waals surface area contributed by atoms with Gasteiger partial charge in [0.15, 0.2) is 0 Å². The SMILES string of the molecule is O=C(OCc1ccccc1)N1C2C=C(c3cc(Br)cnc3F)CC1CCC2. The van der Waals surface area contributed by atoms with Gasteiger partial charge in [0.1, 0.15) is 6.61 Å². The van der Waals surface area contributed by atoms with Crippen LogP contribution in [0.15, 0.2) is 53.1 Å². The van der Waals surface area contributed by atoms with Crippen LogP contribution in [-0.4, -0.2) is 28.1 Å². The number of fused-ring (bicyclic) bond motifs is 2. The molecule has 1 aromatic carbocycles. The molecular weight excluding hydrogens is 411 g/mol. The largest absolute Gasteiger partial charge is 0.445 e. The van der Waals surface area contributed by atoms with Gasteiger partial charge < -0.3 is 4.74 Å². The van der Waals surface area contributed by atoms with Crippen LogP contribution >= 0.6 is 15.9 Å². The molecule has 140 valence electrons. The van der Waals surface area contributed by atoms with E-state index in [1.807, 2.05) is 41.3 Å². The summed E-state index contributed by atoms with van der Waals surface area (Å²) in [6, 6.07) is 11.4. The fourth-order valence-electron chi connectivity index (χ4n) is 3.96. The number of rotatable bonds is 3. The van der Waals surface area contributed by atoms with Gasteiger partial charge in [0.05, 0.1) is 6.04 Å². The van der Waals surface area contributed by atoms with Crippen LogP contribution < -0.4 is 0 Å².